The molecule has 0 saturated carbocycles. The summed E-state index contributed by atoms with van der Waals surface area (Å²) in [6.45, 7) is 0. The van der Waals surface area contributed by atoms with Crippen molar-refractivity contribution in [1.82, 2.24) is 0 Å². The van der Waals surface area contributed by atoms with E-state index in [4.69, 9.17) is 5.11 Å². The minimum Gasteiger partial charge on any atom is -0.478 e. The lowest BCUT2D eigenvalue weighted by molar-refractivity contribution is 0.0696. The first-order valence-corrected chi connectivity index (χ1v) is 5.77. The number of carboxylic acid groups (broad SMARTS) is 1. The highest BCUT2D eigenvalue weighted by Crippen LogP contribution is 2.28. The first kappa shape index (κ1) is 12.7. The van der Waals surface area contributed by atoms with Crippen molar-refractivity contribution in [3.8, 4) is 11.1 Å². The van der Waals surface area contributed by atoms with E-state index >= 15 is 0 Å². The molecule has 0 fully saturated rings. The van der Waals surface area contributed by atoms with Gasteiger partial charge >= 0.3 is 5.97 Å². The van der Waals surface area contributed by atoms with Gasteiger partial charge in [0.2, 0.25) is 0 Å². The van der Waals surface area contributed by atoms with Crippen LogP contribution in [0.2, 0.25) is 0 Å². The average Bonchev–Trinajstić information content (AvgIpc) is 2.33. The number of aromatic carboxylic acids is 1. The molecule has 0 aliphatic rings. The quantitative estimate of drug-likeness (QED) is 0.906. The standard InChI is InChI=1S/C13H7BrF2O2/c14-10-5-4-7(6-9(10)13(17)18)8-2-1-3-11(15)12(8)16/h1-6H,(H,17,18). The van der Waals surface area contributed by atoms with Gasteiger partial charge < -0.3 is 5.11 Å². The van der Waals surface area contributed by atoms with Crippen LogP contribution in [0, 0.1) is 11.6 Å². The van der Waals surface area contributed by atoms with Crippen molar-refractivity contribution in [2.24, 2.45) is 0 Å². The lowest BCUT2D eigenvalue weighted by Gasteiger charge is -2.06. The third-order valence-electron chi connectivity index (χ3n) is 2.46. The van der Waals surface area contributed by atoms with Crippen LogP contribution in [0.1, 0.15) is 10.4 Å². The highest BCUT2D eigenvalue weighted by atomic mass is 79.9. The third kappa shape index (κ3) is 2.26. The summed E-state index contributed by atoms with van der Waals surface area (Å²) >= 11 is 3.09. The van der Waals surface area contributed by atoms with Crippen LogP contribution in [0.4, 0.5) is 8.78 Å². The fourth-order valence-corrected chi connectivity index (χ4v) is 2.00. The van der Waals surface area contributed by atoms with E-state index in [9.17, 15) is 13.6 Å². The monoisotopic (exact) mass is 312 g/mol. The molecule has 0 spiro atoms. The van der Waals surface area contributed by atoms with E-state index in [0.717, 1.165) is 6.07 Å². The Morgan fingerprint density at radius 2 is 1.89 bits per heavy atom. The van der Waals surface area contributed by atoms with Gasteiger partial charge in [-0.15, -0.1) is 0 Å². The largest absolute Gasteiger partial charge is 0.478 e. The van der Waals surface area contributed by atoms with Crippen LogP contribution in [-0.2, 0) is 0 Å². The first-order chi connectivity index (χ1) is 8.50. The molecule has 5 heteroatoms. The number of hydrogen-bond acceptors (Lipinski definition) is 1. The Bertz CT molecular complexity index is 626. The van der Waals surface area contributed by atoms with Crippen molar-refractivity contribution in [2.45, 2.75) is 0 Å². The molecule has 1 N–H and O–H groups in total. The Hall–Kier alpha value is -1.75. The van der Waals surface area contributed by atoms with Gasteiger partial charge in [-0.25, -0.2) is 13.6 Å². The van der Waals surface area contributed by atoms with Crippen molar-refractivity contribution < 1.29 is 18.7 Å². The number of hydrogen-bond donors (Lipinski definition) is 1. The van der Waals surface area contributed by atoms with E-state index < -0.39 is 17.6 Å². The predicted molar refractivity (Wildman–Crippen MR) is 66.5 cm³/mol. The predicted octanol–water partition coefficient (Wildman–Crippen LogP) is 4.09. The molecule has 0 radical (unpaired) electrons. The second-order valence-corrected chi connectivity index (χ2v) is 4.46. The molecule has 2 aromatic carbocycles. The van der Waals surface area contributed by atoms with Gasteiger partial charge in [-0.1, -0.05) is 18.2 Å². The van der Waals surface area contributed by atoms with Crippen molar-refractivity contribution in [3.05, 3.63) is 58.1 Å². The molecule has 2 rings (SSSR count). The minimum atomic E-state index is -1.14. The number of rotatable bonds is 2. The summed E-state index contributed by atoms with van der Waals surface area (Å²) in [6, 6.07) is 8.08. The number of carboxylic acids is 1. The summed E-state index contributed by atoms with van der Waals surface area (Å²) in [6.07, 6.45) is 0. The molecule has 0 saturated heterocycles. The van der Waals surface area contributed by atoms with Gasteiger partial charge in [0, 0.05) is 10.0 Å². The Balaban J connectivity index is 2.62. The molecule has 2 nitrogen and oxygen atoms in total. The smallest absolute Gasteiger partial charge is 0.336 e. The Kier molecular flexibility index (Phi) is 3.43. The van der Waals surface area contributed by atoms with E-state index in [0.29, 0.717) is 10.0 Å². The molecule has 0 atom stereocenters. The fourth-order valence-electron chi connectivity index (χ4n) is 1.58. The molecule has 0 bridgehead atoms. The Morgan fingerprint density at radius 3 is 2.56 bits per heavy atom. The fraction of sp³-hybridized carbons (Fsp3) is 0. The molecule has 0 amide bonds. The van der Waals surface area contributed by atoms with Crippen LogP contribution >= 0.6 is 15.9 Å². The summed E-state index contributed by atoms with van der Waals surface area (Å²) in [5.74, 6) is -3.09. The van der Waals surface area contributed by atoms with E-state index in [1.54, 1.807) is 0 Å². The van der Waals surface area contributed by atoms with Gasteiger partial charge in [0.05, 0.1) is 5.56 Å². The topological polar surface area (TPSA) is 37.3 Å². The first-order valence-electron chi connectivity index (χ1n) is 4.98. The van der Waals surface area contributed by atoms with Gasteiger partial charge in [0.1, 0.15) is 0 Å². The number of benzene rings is 2. The molecule has 0 unspecified atom stereocenters. The van der Waals surface area contributed by atoms with Crippen molar-refractivity contribution >= 4 is 21.9 Å². The van der Waals surface area contributed by atoms with Gasteiger partial charge in [-0.05, 0) is 39.7 Å². The second-order valence-electron chi connectivity index (χ2n) is 3.60. The zero-order valence-corrected chi connectivity index (χ0v) is 10.5. The van der Waals surface area contributed by atoms with E-state index in [1.807, 2.05) is 0 Å². The summed E-state index contributed by atoms with van der Waals surface area (Å²) < 4.78 is 27.1. The number of carbonyl (C=O) groups is 1. The third-order valence-corrected chi connectivity index (χ3v) is 3.15. The highest BCUT2D eigenvalue weighted by molar-refractivity contribution is 9.10. The van der Waals surface area contributed by atoms with Gasteiger partial charge in [-0.3, -0.25) is 0 Å². The lowest BCUT2D eigenvalue weighted by atomic mass is 10.0. The molecule has 18 heavy (non-hydrogen) atoms. The lowest BCUT2D eigenvalue weighted by Crippen LogP contribution is -1.98. The highest BCUT2D eigenvalue weighted by Gasteiger charge is 2.13. The minimum absolute atomic E-state index is 0.00355. The zero-order valence-electron chi connectivity index (χ0n) is 8.95. The van der Waals surface area contributed by atoms with Crippen molar-refractivity contribution in [1.29, 1.82) is 0 Å². The summed E-state index contributed by atoms with van der Waals surface area (Å²) in [4.78, 5) is 11.0. The average molecular weight is 313 g/mol. The molecule has 0 aliphatic heterocycles. The van der Waals surface area contributed by atoms with Crippen molar-refractivity contribution in [3.63, 3.8) is 0 Å². The van der Waals surface area contributed by atoms with E-state index in [2.05, 4.69) is 15.9 Å². The maximum absolute atomic E-state index is 13.6. The molecular weight excluding hydrogens is 306 g/mol. The summed E-state index contributed by atoms with van der Waals surface area (Å²) in [5, 5.41) is 8.96. The van der Waals surface area contributed by atoms with Crippen LogP contribution in [-0.4, -0.2) is 11.1 Å². The molecular formula is C13H7BrF2O2. The summed E-state index contributed by atoms with van der Waals surface area (Å²) in [7, 11) is 0. The normalized spacial score (nSPS) is 10.4. The Morgan fingerprint density at radius 1 is 1.17 bits per heavy atom. The van der Waals surface area contributed by atoms with Gasteiger partial charge in [0.25, 0.3) is 0 Å². The SMILES string of the molecule is O=C(O)c1cc(-c2cccc(F)c2F)ccc1Br. The maximum Gasteiger partial charge on any atom is 0.336 e. The van der Waals surface area contributed by atoms with E-state index in [1.165, 1.54) is 30.3 Å². The molecule has 0 heterocycles. The van der Waals surface area contributed by atoms with E-state index in [-0.39, 0.29) is 11.1 Å². The molecule has 92 valence electrons. The van der Waals surface area contributed by atoms with Crippen LogP contribution < -0.4 is 0 Å². The van der Waals surface area contributed by atoms with Crippen LogP contribution in [0.25, 0.3) is 11.1 Å². The van der Waals surface area contributed by atoms with Crippen LogP contribution in [0.5, 0.6) is 0 Å². The number of halogens is 3. The van der Waals surface area contributed by atoms with Crippen LogP contribution in [0.3, 0.4) is 0 Å². The molecule has 0 aromatic heterocycles. The van der Waals surface area contributed by atoms with Gasteiger partial charge in [0.15, 0.2) is 11.6 Å². The van der Waals surface area contributed by atoms with Crippen LogP contribution in [0.15, 0.2) is 40.9 Å². The second kappa shape index (κ2) is 4.86. The maximum atomic E-state index is 13.6. The summed E-state index contributed by atoms with van der Waals surface area (Å²) in [5.41, 5.74) is 0.341. The molecule has 2 aromatic rings. The van der Waals surface area contributed by atoms with Crippen molar-refractivity contribution in [2.75, 3.05) is 0 Å². The Labute approximate surface area is 110 Å². The zero-order chi connectivity index (χ0) is 13.3. The van der Waals surface area contributed by atoms with Gasteiger partial charge in [-0.2, -0.15) is 0 Å². The molecule has 0 aliphatic carbocycles.